The Labute approximate surface area is 113 Å². The Morgan fingerprint density at radius 3 is 2.74 bits per heavy atom. The van der Waals surface area contributed by atoms with E-state index in [1.165, 1.54) is 0 Å². The fraction of sp³-hybridized carbons (Fsp3) is 0.643. The lowest BCUT2D eigenvalue weighted by Crippen LogP contribution is -2.41. The molecule has 19 heavy (non-hydrogen) atoms. The maximum absolute atomic E-state index is 14.0. The van der Waals surface area contributed by atoms with E-state index in [9.17, 15) is 8.78 Å². The summed E-state index contributed by atoms with van der Waals surface area (Å²) in [4.78, 5) is 6.07. The topological polar surface area (TPSA) is 28.2 Å². The van der Waals surface area contributed by atoms with Gasteiger partial charge in [-0.2, -0.15) is 0 Å². The molecule has 0 aromatic carbocycles. The highest BCUT2D eigenvalue weighted by Gasteiger charge is 2.27. The molecule has 1 saturated heterocycles. The summed E-state index contributed by atoms with van der Waals surface area (Å²) in [6.07, 6.45) is 2.02. The molecule has 106 valence electrons. The van der Waals surface area contributed by atoms with Crippen LogP contribution in [0, 0.1) is 17.6 Å². The third kappa shape index (κ3) is 2.96. The Hall–Kier alpha value is -1.39. The molecule has 2 heterocycles. The molecule has 2 atom stereocenters. The average Bonchev–Trinajstić information content (AvgIpc) is 2.34. The summed E-state index contributed by atoms with van der Waals surface area (Å²) < 4.78 is 27.5. The molecule has 0 aliphatic carbocycles. The van der Waals surface area contributed by atoms with Gasteiger partial charge in [0.05, 0.1) is 0 Å². The highest BCUT2D eigenvalue weighted by molar-refractivity contribution is 5.50. The van der Waals surface area contributed by atoms with Crippen LogP contribution < -0.4 is 10.2 Å². The smallest absolute Gasteiger partial charge is 0.168 e. The number of nitrogens with zero attached hydrogens (tertiary/aromatic N) is 2. The zero-order valence-electron chi connectivity index (χ0n) is 11.7. The molecular weight excluding hydrogens is 248 g/mol. The maximum atomic E-state index is 14.0. The van der Waals surface area contributed by atoms with Gasteiger partial charge in [0.1, 0.15) is 0 Å². The molecule has 0 radical (unpaired) electrons. The summed E-state index contributed by atoms with van der Waals surface area (Å²) in [6, 6.07) is 1.15. The van der Waals surface area contributed by atoms with Crippen molar-refractivity contribution in [1.29, 1.82) is 0 Å². The maximum Gasteiger partial charge on any atom is 0.168 e. The molecule has 0 amide bonds. The van der Waals surface area contributed by atoms with Crippen LogP contribution in [0.5, 0.6) is 0 Å². The number of nitrogens with one attached hydrogen (secondary N) is 1. The van der Waals surface area contributed by atoms with Gasteiger partial charge in [0.15, 0.2) is 23.3 Å². The van der Waals surface area contributed by atoms with Crippen molar-refractivity contribution in [1.82, 2.24) is 4.98 Å². The molecule has 2 unspecified atom stereocenters. The number of aromatic nitrogens is 1. The van der Waals surface area contributed by atoms with E-state index in [0.29, 0.717) is 12.5 Å². The average molecular weight is 269 g/mol. The van der Waals surface area contributed by atoms with Gasteiger partial charge in [-0.25, -0.2) is 13.8 Å². The van der Waals surface area contributed by atoms with E-state index in [-0.39, 0.29) is 17.7 Å². The van der Waals surface area contributed by atoms with Gasteiger partial charge < -0.3 is 10.2 Å². The van der Waals surface area contributed by atoms with Crippen molar-refractivity contribution in [3.8, 4) is 0 Å². The van der Waals surface area contributed by atoms with E-state index in [2.05, 4.69) is 24.1 Å². The summed E-state index contributed by atoms with van der Waals surface area (Å²) in [5.41, 5.74) is 0. The number of piperidine rings is 1. The van der Waals surface area contributed by atoms with Crippen LogP contribution in [0.2, 0.25) is 0 Å². The number of hydrogen-bond acceptors (Lipinski definition) is 3. The first-order chi connectivity index (χ1) is 9.02. The van der Waals surface area contributed by atoms with E-state index in [4.69, 9.17) is 0 Å². The molecule has 1 N–H and O–H groups in total. The van der Waals surface area contributed by atoms with Crippen LogP contribution >= 0.6 is 0 Å². The normalized spacial score (nSPS) is 23.5. The van der Waals surface area contributed by atoms with Gasteiger partial charge in [-0.1, -0.05) is 6.92 Å². The van der Waals surface area contributed by atoms with E-state index < -0.39 is 11.6 Å². The first-order valence-electron chi connectivity index (χ1n) is 6.89. The Morgan fingerprint density at radius 2 is 2.11 bits per heavy atom. The van der Waals surface area contributed by atoms with E-state index in [1.54, 1.807) is 0 Å². The highest BCUT2D eigenvalue weighted by atomic mass is 19.1. The zero-order chi connectivity index (χ0) is 14.0. The monoisotopic (exact) mass is 269 g/mol. The zero-order valence-corrected chi connectivity index (χ0v) is 11.7. The molecule has 1 aliphatic heterocycles. The van der Waals surface area contributed by atoms with Crippen LogP contribution in [0.3, 0.4) is 0 Å². The van der Waals surface area contributed by atoms with E-state index >= 15 is 0 Å². The van der Waals surface area contributed by atoms with Crippen molar-refractivity contribution in [3.05, 3.63) is 17.7 Å². The fourth-order valence-corrected chi connectivity index (χ4v) is 2.67. The van der Waals surface area contributed by atoms with Crippen LogP contribution in [0.25, 0.3) is 0 Å². The van der Waals surface area contributed by atoms with Crippen LogP contribution in [-0.4, -0.2) is 24.1 Å². The standard InChI is InChI=1S/C14H21F2N3/c1-4-17-13-11(15)8-12(16)14(18-13)19-6-5-9(2)7-10(19)3/h8-10H,4-7H2,1-3H3,(H,17,18). The molecule has 0 bridgehead atoms. The first-order valence-corrected chi connectivity index (χ1v) is 6.89. The highest BCUT2D eigenvalue weighted by Crippen LogP contribution is 2.30. The molecule has 0 spiro atoms. The summed E-state index contributed by atoms with van der Waals surface area (Å²) in [6.45, 7) is 7.44. The number of pyridine rings is 1. The second-order valence-corrected chi connectivity index (χ2v) is 5.33. The summed E-state index contributed by atoms with van der Waals surface area (Å²) in [7, 11) is 0. The van der Waals surface area contributed by atoms with Gasteiger partial charge in [-0.15, -0.1) is 0 Å². The van der Waals surface area contributed by atoms with Gasteiger partial charge in [-0.3, -0.25) is 0 Å². The van der Waals surface area contributed by atoms with E-state index in [1.807, 2.05) is 11.8 Å². The van der Waals surface area contributed by atoms with Gasteiger partial charge in [0, 0.05) is 25.2 Å². The minimum Gasteiger partial charge on any atom is -0.368 e. The Morgan fingerprint density at radius 1 is 1.37 bits per heavy atom. The van der Waals surface area contributed by atoms with Crippen LogP contribution in [0.15, 0.2) is 6.07 Å². The predicted molar refractivity (Wildman–Crippen MR) is 73.5 cm³/mol. The van der Waals surface area contributed by atoms with Crippen LogP contribution in [0.1, 0.15) is 33.6 Å². The third-order valence-electron chi connectivity index (χ3n) is 3.67. The molecule has 3 nitrogen and oxygen atoms in total. The van der Waals surface area contributed by atoms with Crippen molar-refractivity contribution < 1.29 is 8.78 Å². The van der Waals surface area contributed by atoms with Crippen molar-refractivity contribution in [2.45, 2.75) is 39.7 Å². The van der Waals surface area contributed by atoms with Gasteiger partial charge in [-0.05, 0) is 32.6 Å². The number of rotatable bonds is 3. The number of anilines is 2. The van der Waals surface area contributed by atoms with Crippen molar-refractivity contribution in [3.63, 3.8) is 0 Å². The summed E-state index contributed by atoms with van der Waals surface area (Å²) in [5.74, 6) is -0.189. The lowest BCUT2D eigenvalue weighted by molar-refractivity contribution is 0.372. The predicted octanol–water partition coefficient (Wildman–Crippen LogP) is 3.42. The van der Waals surface area contributed by atoms with Crippen LogP contribution in [0.4, 0.5) is 20.4 Å². The lowest BCUT2D eigenvalue weighted by atomic mass is 9.93. The molecule has 5 heteroatoms. The number of halogens is 2. The first kappa shape index (κ1) is 14.0. The van der Waals surface area contributed by atoms with E-state index in [0.717, 1.165) is 25.5 Å². The van der Waals surface area contributed by atoms with Gasteiger partial charge in [0.25, 0.3) is 0 Å². The quantitative estimate of drug-likeness (QED) is 0.911. The molecule has 1 aliphatic rings. The molecular formula is C14H21F2N3. The minimum absolute atomic E-state index is 0.129. The number of hydrogen-bond donors (Lipinski definition) is 1. The molecule has 1 aromatic rings. The minimum atomic E-state index is -0.638. The molecule has 1 aromatic heterocycles. The van der Waals surface area contributed by atoms with Crippen molar-refractivity contribution in [2.24, 2.45) is 5.92 Å². The van der Waals surface area contributed by atoms with Crippen LogP contribution in [-0.2, 0) is 0 Å². The molecule has 1 fully saturated rings. The molecule has 2 rings (SSSR count). The third-order valence-corrected chi connectivity index (χ3v) is 3.67. The largest absolute Gasteiger partial charge is 0.368 e. The summed E-state index contributed by atoms with van der Waals surface area (Å²) in [5, 5.41) is 2.83. The Bertz CT molecular complexity index is 451. The van der Waals surface area contributed by atoms with Crippen molar-refractivity contribution in [2.75, 3.05) is 23.3 Å². The second kappa shape index (κ2) is 5.72. The molecule has 0 saturated carbocycles. The fourth-order valence-electron chi connectivity index (χ4n) is 2.67. The van der Waals surface area contributed by atoms with Gasteiger partial charge >= 0.3 is 0 Å². The second-order valence-electron chi connectivity index (χ2n) is 5.33. The van der Waals surface area contributed by atoms with Gasteiger partial charge in [0.2, 0.25) is 0 Å². The Balaban J connectivity index is 2.30. The summed E-state index contributed by atoms with van der Waals surface area (Å²) >= 11 is 0. The Kier molecular flexibility index (Phi) is 4.22. The lowest BCUT2D eigenvalue weighted by Gasteiger charge is -2.37. The van der Waals surface area contributed by atoms with Crippen molar-refractivity contribution >= 4 is 11.6 Å². The SMILES string of the molecule is CCNc1nc(N2CCC(C)CC2C)c(F)cc1F.